The van der Waals surface area contributed by atoms with Crippen molar-refractivity contribution in [2.24, 2.45) is 7.05 Å². The normalized spacial score (nSPS) is 21.2. The van der Waals surface area contributed by atoms with Gasteiger partial charge in [-0.2, -0.15) is 0 Å². The van der Waals surface area contributed by atoms with Crippen LogP contribution in [-0.2, 0) is 16.6 Å². The maximum Gasteiger partial charge on any atom is 0.332 e. The average Bonchev–Trinajstić information content (AvgIpc) is 3.02. The van der Waals surface area contributed by atoms with Crippen LogP contribution in [0.15, 0.2) is 12.3 Å². The molecule has 1 amide bonds. The Morgan fingerprint density at radius 1 is 1.43 bits per heavy atom. The number of hydrogen-bond acceptors (Lipinski definition) is 4. The maximum absolute atomic E-state index is 12.1. The molecule has 0 aromatic carbocycles. The molecule has 0 radical (unpaired) electrons. The number of ether oxygens (including phenoxy) is 1. The molecule has 0 bridgehead atoms. The summed E-state index contributed by atoms with van der Waals surface area (Å²) in [5, 5.41) is 11.5. The van der Waals surface area contributed by atoms with Gasteiger partial charge in [0.05, 0.1) is 6.10 Å². The number of aliphatic carboxylic acids is 1. The van der Waals surface area contributed by atoms with Gasteiger partial charge in [-0.05, 0) is 25.8 Å². The third-order valence-corrected chi connectivity index (χ3v) is 3.52. The highest BCUT2D eigenvalue weighted by Crippen LogP contribution is 2.19. The Balaban J connectivity index is 1.91. The molecule has 7 heteroatoms. The third-order valence-electron chi connectivity index (χ3n) is 3.52. The van der Waals surface area contributed by atoms with Crippen LogP contribution in [-0.4, -0.2) is 46.1 Å². The number of carboxylic acid groups (broad SMARTS) is 1. The number of carbonyl (C=O) groups excluding carboxylic acids is 2. The number of aryl methyl sites for hydroxylation is 1. The van der Waals surface area contributed by atoms with Crippen molar-refractivity contribution in [1.29, 1.82) is 0 Å². The van der Waals surface area contributed by atoms with Crippen molar-refractivity contribution in [3.63, 3.8) is 0 Å². The van der Waals surface area contributed by atoms with E-state index in [0.717, 1.165) is 0 Å². The van der Waals surface area contributed by atoms with Crippen LogP contribution in [0.25, 0.3) is 0 Å². The van der Waals surface area contributed by atoms with Crippen LogP contribution in [0.4, 0.5) is 0 Å². The SMILES string of the molecule is CC(=O)c1cc(C(=O)NCC2CCC(C(=O)O)O2)n(C)c1. The second-order valence-electron chi connectivity index (χ2n) is 5.15. The zero-order valence-electron chi connectivity index (χ0n) is 12.0. The van der Waals surface area contributed by atoms with Crippen LogP contribution in [0.2, 0.25) is 0 Å². The van der Waals surface area contributed by atoms with E-state index in [0.29, 0.717) is 24.1 Å². The maximum atomic E-state index is 12.1. The van der Waals surface area contributed by atoms with Crippen molar-refractivity contribution in [2.75, 3.05) is 6.54 Å². The average molecular weight is 294 g/mol. The van der Waals surface area contributed by atoms with Gasteiger partial charge in [0.2, 0.25) is 0 Å². The second kappa shape index (κ2) is 6.09. The van der Waals surface area contributed by atoms with Gasteiger partial charge in [0.15, 0.2) is 11.9 Å². The van der Waals surface area contributed by atoms with Crippen molar-refractivity contribution in [2.45, 2.75) is 32.0 Å². The third kappa shape index (κ3) is 3.49. The summed E-state index contributed by atoms with van der Waals surface area (Å²) >= 11 is 0. The Labute approximate surface area is 121 Å². The zero-order valence-corrected chi connectivity index (χ0v) is 12.0. The van der Waals surface area contributed by atoms with E-state index in [1.165, 1.54) is 13.0 Å². The zero-order chi connectivity index (χ0) is 15.6. The van der Waals surface area contributed by atoms with Gasteiger partial charge in [-0.1, -0.05) is 0 Å². The molecule has 2 rings (SSSR count). The van der Waals surface area contributed by atoms with E-state index in [-0.39, 0.29) is 24.3 Å². The molecule has 1 aromatic heterocycles. The summed E-state index contributed by atoms with van der Waals surface area (Å²) in [6.07, 6.45) is 1.58. The summed E-state index contributed by atoms with van der Waals surface area (Å²) in [6.45, 7) is 1.69. The lowest BCUT2D eigenvalue weighted by atomic mass is 10.2. The number of aromatic nitrogens is 1. The van der Waals surface area contributed by atoms with Crippen molar-refractivity contribution in [3.8, 4) is 0 Å². The highest BCUT2D eigenvalue weighted by molar-refractivity contribution is 5.99. The summed E-state index contributed by atoms with van der Waals surface area (Å²) in [5.41, 5.74) is 0.860. The topological polar surface area (TPSA) is 97.6 Å². The molecule has 1 aromatic rings. The van der Waals surface area contributed by atoms with E-state index in [2.05, 4.69) is 5.32 Å². The first kappa shape index (κ1) is 15.2. The molecule has 0 aliphatic carbocycles. The number of nitrogens with one attached hydrogen (secondary N) is 1. The standard InChI is InChI=1S/C14H18N2O5/c1-8(17)9-5-11(16(2)7-9)13(18)15-6-10-3-4-12(21-10)14(19)20/h5,7,10,12H,3-4,6H2,1-2H3,(H,15,18)(H,19,20). The fraction of sp³-hybridized carbons (Fsp3) is 0.500. The molecule has 1 fully saturated rings. The van der Waals surface area contributed by atoms with Crippen LogP contribution >= 0.6 is 0 Å². The Bertz CT molecular complexity index is 578. The largest absolute Gasteiger partial charge is 0.479 e. The molecule has 2 unspecified atom stereocenters. The van der Waals surface area contributed by atoms with Crippen LogP contribution in [0.3, 0.4) is 0 Å². The molecular formula is C14H18N2O5. The predicted octanol–water partition coefficient (Wildman–Crippen LogP) is 0.590. The molecule has 2 N–H and O–H groups in total. The lowest BCUT2D eigenvalue weighted by Crippen LogP contribution is -2.33. The van der Waals surface area contributed by atoms with Gasteiger partial charge >= 0.3 is 5.97 Å². The first-order valence-electron chi connectivity index (χ1n) is 6.72. The molecule has 0 saturated carbocycles. The van der Waals surface area contributed by atoms with E-state index in [1.54, 1.807) is 17.8 Å². The van der Waals surface area contributed by atoms with Crippen molar-refractivity contribution < 1.29 is 24.2 Å². The minimum absolute atomic E-state index is 0.104. The first-order valence-corrected chi connectivity index (χ1v) is 6.72. The second-order valence-corrected chi connectivity index (χ2v) is 5.15. The summed E-state index contributed by atoms with van der Waals surface area (Å²) in [5.74, 6) is -1.39. The molecule has 1 aliphatic heterocycles. The van der Waals surface area contributed by atoms with E-state index in [1.807, 2.05) is 0 Å². The molecule has 114 valence electrons. The monoisotopic (exact) mass is 294 g/mol. The molecule has 1 saturated heterocycles. The lowest BCUT2D eigenvalue weighted by Gasteiger charge is -2.12. The molecule has 2 atom stereocenters. The van der Waals surface area contributed by atoms with Crippen LogP contribution in [0.1, 0.15) is 40.6 Å². The Kier molecular flexibility index (Phi) is 4.42. The quantitative estimate of drug-likeness (QED) is 0.775. The van der Waals surface area contributed by atoms with Crippen LogP contribution in [0.5, 0.6) is 0 Å². The van der Waals surface area contributed by atoms with Gasteiger partial charge in [-0.15, -0.1) is 0 Å². The molecule has 21 heavy (non-hydrogen) atoms. The number of amides is 1. The number of ketones is 1. The minimum Gasteiger partial charge on any atom is -0.479 e. The van der Waals surface area contributed by atoms with Gasteiger partial charge in [-0.25, -0.2) is 4.79 Å². The van der Waals surface area contributed by atoms with Crippen molar-refractivity contribution in [1.82, 2.24) is 9.88 Å². The van der Waals surface area contributed by atoms with Crippen molar-refractivity contribution in [3.05, 3.63) is 23.5 Å². The van der Waals surface area contributed by atoms with E-state index >= 15 is 0 Å². The minimum atomic E-state index is -0.975. The Hall–Kier alpha value is -2.15. The summed E-state index contributed by atoms with van der Waals surface area (Å²) in [7, 11) is 1.69. The summed E-state index contributed by atoms with van der Waals surface area (Å²) in [4.78, 5) is 34.1. The highest BCUT2D eigenvalue weighted by Gasteiger charge is 2.30. The molecular weight excluding hydrogens is 276 g/mol. The van der Waals surface area contributed by atoms with E-state index < -0.39 is 12.1 Å². The molecule has 0 spiro atoms. The summed E-state index contributed by atoms with van der Waals surface area (Å²) in [6, 6.07) is 1.53. The van der Waals surface area contributed by atoms with Gasteiger partial charge in [0.25, 0.3) is 5.91 Å². The summed E-state index contributed by atoms with van der Waals surface area (Å²) < 4.78 is 6.89. The van der Waals surface area contributed by atoms with Gasteiger partial charge in [0.1, 0.15) is 5.69 Å². The van der Waals surface area contributed by atoms with Gasteiger partial charge < -0.3 is 19.7 Å². The fourth-order valence-electron chi connectivity index (χ4n) is 2.32. The van der Waals surface area contributed by atoms with Crippen molar-refractivity contribution >= 4 is 17.7 Å². The highest BCUT2D eigenvalue weighted by atomic mass is 16.5. The molecule has 1 aliphatic rings. The fourth-order valence-corrected chi connectivity index (χ4v) is 2.32. The van der Waals surface area contributed by atoms with E-state index in [4.69, 9.17) is 9.84 Å². The van der Waals surface area contributed by atoms with Gasteiger partial charge in [-0.3, -0.25) is 9.59 Å². The number of carboxylic acids is 1. The molecule has 7 nitrogen and oxygen atoms in total. The Morgan fingerprint density at radius 3 is 2.67 bits per heavy atom. The number of rotatable bonds is 5. The number of nitrogens with zero attached hydrogens (tertiary/aromatic N) is 1. The number of carbonyl (C=O) groups is 3. The Morgan fingerprint density at radius 2 is 2.14 bits per heavy atom. The predicted molar refractivity (Wildman–Crippen MR) is 73.3 cm³/mol. The molecule has 2 heterocycles. The first-order chi connectivity index (χ1) is 9.88. The van der Waals surface area contributed by atoms with Crippen LogP contribution < -0.4 is 5.32 Å². The number of hydrogen-bond donors (Lipinski definition) is 2. The smallest absolute Gasteiger partial charge is 0.332 e. The lowest BCUT2D eigenvalue weighted by molar-refractivity contribution is -0.149. The van der Waals surface area contributed by atoms with E-state index in [9.17, 15) is 14.4 Å². The van der Waals surface area contributed by atoms with Crippen LogP contribution in [0, 0.1) is 0 Å². The van der Waals surface area contributed by atoms with Gasteiger partial charge in [0, 0.05) is 25.4 Å². The number of Topliss-reactive ketones (excluding diaryl/α,β-unsaturated/α-hetero) is 1.